The van der Waals surface area contributed by atoms with Gasteiger partial charge in [-0.25, -0.2) is 0 Å². The van der Waals surface area contributed by atoms with Crippen molar-refractivity contribution in [3.05, 3.63) is 35.4 Å². The quantitative estimate of drug-likeness (QED) is 0.711. The summed E-state index contributed by atoms with van der Waals surface area (Å²) >= 11 is 0. The Morgan fingerprint density at radius 2 is 1.62 bits per heavy atom. The number of hydrogen-bond acceptors (Lipinski definition) is 2. The molecule has 0 unspecified atom stereocenters. The van der Waals surface area contributed by atoms with Crippen molar-refractivity contribution in [2.24, 2.45) is 0 Å². The lowest BCUT2D eigenvalue weighted by Gasteiger charge is -2.19. The van der Waals surface area contributed by atoms with Gasteiger partial charge in [0.2, 0.25) is 0 Å². The lowest BCUT2D eigenvalue weighted by Crippen LogP contribution is -2.21. The van der Waals surface area contributed by atoms with Gasteiger partial charge in [-0.3, -0.25) is 0 Å². The molecular weight excluding hydrogens is 200 g/mol. The zero-order chi connectivity index (χ0) is 12.0. The largest absolute Gasteiger partial charge is 0.374 e. The van der Waals surface area contributed by atoms with Crippen LogP contribution in [0.2, 0.25) is 0 Å². The second-order valence-corrected chi connectivity index (χ2v) is 5.00. The third kappa shape index (κ3) is 5.89. The lowest BCUT2D eigenvalue weighted by atomic mass is 10.2. The van der Waals surface area contributed by atoms with Gasteiger partial charge in [0.05, 0.1) is 25.4 Å². The first-order valence-electron chi connectivity index (χ1n) is 5.75. The highest BCUT2D eigenvalue weighted by Crippen LogP contribution is 2.07. The first-order valence-corrected chi connectivity index (χ1v) is 5.75. The van der Waals surface area contributed by atoms with E-state index in [9.17, 15) is 0 Å². The zero-order valence-corrected chi connectivity index (χ0v) is 10.7. The molecular formula is C14H22O2. The molecule has 2 nitrogen and oxygen atoms in total. The Labute approximate surface area is 98.6 Å². The molecule has 2 heteroatoms. The van der Waals surface area contributed by atoms with E-state index in [0.29, 0.717) is 19.8 Å². The first-order chi connectivity index (χ1) is 7.47. The van der Waals surface area contributed by atoms with Gasteiger partial charge in [0, 0.05) is 0 Å². The molecule has 0 N–H and O–H groups in total. The molecule has 0 amide bonds. The molecule has 0 aromatic heterocycles. The first kappa shape index (κ1) is 13.2. The van der Waals surface area contributed by atoms with E-state index in [2.05, 4.69) is 31.2 Å². The highest BCUT2D eigenvalue weighted by Gasteiger charge is 2.08. The fourth-order valence-corrected chi connectivity index (χ4v) is 1.28. The molecule has 0 radical (unpaired) electrons. The van der Waals surface area contributed by atoms with Crippen molar-refractivity contribution in [2.45, 2.75) is 39.9 Å². The van der Waals surface area contributed by atoms with E-state index in [1.807, 2.05) is 20.8 Å². The van der Waals surface area contributed by atoms with Crippen molar-refractivity contribution in [2.75, 3.05) is 13.2 Å². The summed E-state index contributed by atoms with van der Waals surface area (Å²) in [5, 5.41) is 0. The van der Waals surface area contributed by atoms with Crippen LogP contribution >= 0.6 is 0 Å². The van der Waals surface area contributed by atoms with Gasteiger partial charge in [0.1, 0.15) is 0 Å². The van der Waals surface area contributed by atoms with E-state index in [4.69, 9.17) is 9.47 Å². The monoisotopic (exact) mass is 222 g/mol. The van der Waals surface area contributed by atoms with Crippen LogP contribution in [0.25, 0.3) is 0 Å². The van der Waals surface area contributed by atoms with Crippen LogP contribution in [0.4, 0.5) is 0 Å². The van der Waals surface area contributed by atoms with E-state index >= 15 is 0 Å². The van der Waals surface area contributed by atoms with Gasteiger partial charge in [-0.2, -0.15) is 0 Å². The Bertz CT molecular complexity index is 296. The molecule has 0 bridgehead atoms. The van der Waals surface area contributed by atoms with Gasteiger partial charge in [-0.15, -0.1) is 0 Å². The van der Waals surface area contributed by atoms with Gasteiger partial charge in [-0.1, -0.05) is 29.8 Å². The average molecular weight is 222 g/mol. The highest BCUT2D eigenvalue weighted by atomic mass is 16.5. The molecule has 0 aliphatic carbocycles. The average Bonchev–Trinajstić information content (AvgIpc) is 2.19. The fourth-order valence-electron chi connectivity index (χ4n) is 1.28. The highest BCUT2D eigenvalue weighted by molar-refractivity contribution is 5.20. The van der Waals surface area contributed by atoms with E-state index < -0.39 is 0 Å². The predicted molar refractivity (Wildman–Crippen MR) is 66.5 cm³/mol. The van der Waals surface area contributed by atoms with Crippen molar-refractivity contribution in [3.63, 3.8) is 0 Å². The molecule has 0 spiro atoms. The Hall–Kier alpha value is -0.860. The number of benzene rings is 1. The second-order valence-electron chi connectivity index (χ2n) is 5.00. The summed E-state index contributed by atoms with van der Waals surface area (Å²) < 4.78 is 11.1. The zero-order valence-electron chi connectivity index (χ0n) is 10.7. The molecule has 1 aromatic carbocycles. The Balaban J connectivity index is 2.14. The predicted octanol–water partition coefficient (Wildman–Crippen LogP) is 3.33. The van der Waals surface area contributed by atoms with Crippen molar-refractivity contribution in [1.29, 1.82) is 0 Å². The Kier molecular flexibility index (Phi) is 4.97. The van der Waals surface area contributed by atoms with Crippen LogP contribution in [0.5, 0.6) is 0 Å². The smallest absolute Gasteiger partial charge is 0.0718 e. The topological polar surface area (TPSA) is 18.5 Å². The summed E-state index contributed by atoms with van der Waals surface area (Å²) in [5.74, 6) is 0. The Morgan fingerprint density at radius 3 is 2.19 bits per heavy atom. The van der Waals surface area contributed by atoms with Crippen molar-refractivity contribution >= 4 is 0 Å². The molecule has 0 atom stereocenters. The molecule has 1 aromatic rings. The van der Waals surface area contributed by atoms with E-state index in [1.54, 1.807) is 0 Å². The number of ether oxygens (including phenoxy) is 2. The van der Waals surface area contributed by atoms with Crippen LogP contribution in [0.15, 0.2) is 24.3 Å². The number of hydrogen-bond donors (Lipinski definition) is 0. The van der Waals surface area contributed by atoms with Crippen LogP contribution in [0, 0.1) is 6.92 Å². The number of aryl methyl sites for hydroxylation is 1. The maximum Gasteiger partial charge on any atom is 0.0718 e. The van der Waals surface area contributed by atoms with Gasteiger partial charge in [-0.05, 0) is 33.3 Å². The van der Waals surface area contributed by atoms with Crippen LogP contribution < -0.4 is 0 Å². The molecule has 16 heavy (non-hydrogen) atoms. The molecule has 0 saturated heterocycles. The SMILES string of the molecule is Cc1ccc(COCCOC(C)(C)C)cc1. The van der Waals surface area contributed by atoms with Crippen molar-refractivity contribution < 1.29 is 9.47 Å². The van der Waals surface area contributed by atoms with Gasteiger partial charge >= 0.3 is 0 Å². The fraction of sp³-hybridized carbons (Fsp3) is 0.571. The van der Waals surface area contributed by atoms with Gasteiger partial charge in [0.25, 0.3) is 0 Å². The molecule has 0 fully saturated rings. The van der Waals surface area contributed by atoms with Crippen molar-refractivity contribution in [3.8, 4) is 0 Å². The molecule has 0 aliphatic heterocycles. The van der Waals surface area contributed by atoms with Crippen LogP contribution in [-0.4, -0.2) is 18.8 Å². The number of rotatable bonds is 5. The summed E-state index contributed by atoms with van der Waals surface area (Å²) in [4.78, 5) is 0. The minimum atomic E-state index is -0.0762. The Morgan fingerprint density at radius 1 is 1.00 bits per heavy atom. The van der Waals surface area contributed by atoms with E-state index in [0.717, 1.165) is 0 Å². The van der Waals surface area contributed by atoms with Gasteiger partial charge < -0.3 is 9.47 Å². The van der Waals surface area contributed by atoms with Crippen LogP contribution in [-0.2, 0) is 16.1 Å². The maximum absolute atomic E-state index is 5.56. The summed E-state index contributed by atoms with van der Waals surface area (Å²) in [7, 11) is 0. The summed E-state index contributed by atoms with van der Waals surface area (Å²) in [6, 6.07) is 8.40. The third-order valence-electron chi connectivity index (χ3n) is 2.15. The minimum Gasteiger partial charge on any atom is -0.374 e. The summed E-state index contributed by atoms with van der Waals surface area (Å²) in [5.41, 5.74) is 2.41. The molecule has 0 saturated carbocycles. The molecule has 90 valence electrons. The van der Waals surface area contributed by atoms with Crippen molar-refractivity contribution in [1.82, 2.24) is 0 Å². The lowest BCUT2D eigenvalue weighted by molar-refractivity contribution is -0.0376. The molecule has 0 aliphatic rings. The summed E-state index contributed by atoms with van der Waals surface area (Å²) in [6.45, 7) is 10.2. The molecule has 1 rings (SSSR count). The maximum atomic E-state index is 5.56. The third-order valence-corrected chi connectivity index (χ3v) is 2.15. The summed E-state index contributed by atoms with van der Waals surface area (Å²) in [6.07, 6.45) is 0. The van der Waals surface area contributed by atoms with Crippen LogP contribution in [0.3, 0.4) is 0 Å². The van der Waals surface area contributed by atoms with E-state index in [-0.39, 0.29) is 5.60 Å². The van der Waals surface area contributed by atoms with Gasteiger partial charge in [0.15, 0.2) is 0 Å². The molecule has 0 heterocycles. The van der Waals surface area contributed by atoms with Crippen LogP contribution in [0.1, 0.15) is 31.9 Å². The minimum absolute atomic E-state index is 0.0762. The second kappa shape index (κ2) is 6.02. The standard InChI is InChI=1S/C14H22O2/c1-12-5-7-13(8-6-12)11-15-9-10-16-14(2,3)4/h5-8H,9-11H2,1-4H3. The van der Waals surface area contributed by atoms with E-state index in [1.165, 1.54) is 11.1 Å². The normalized spacial score (nSPS) is 11.8.